The van der Waals surface area contributed by atoms with Crippen LogP contribution in [0.1, 0.15) is 29.9 Å². The summed E-state index contributed by atoms with van der Waals surface area (Å²) >= 11 is 5.62. The Morgan fingerprint density at radius 1 is 1.14 bits per heavy atom. The maximum absolute atomic E-state index is 13.4. The van der Waals surface area contributed by atoms with Crippen LogP contribution in [-0.2, 0) is 10.3 Å². The van der Waals surface area contributed by atoms with Crippen molar-refractivity contribution >= 4 is 50.6 Å². The van der Waals surface area contributed by atoms with Crippen molar-refractivity contribution in [3.63, 3.8) is 0 Å². The smallest absolute Gasteiger partial charge is 0.251 e. The van der Waals surface area contributed by atoms with Crippen LogP contribution in [0.5, 0.6) is 5.75 Å². The Labute approximate surface area is 183 Å². The first kappa shape index (κ1) is 20.0. The predicted octanol–water partition coefficient (Wildman–Crippen LogP) is 6.82. The van der Waals surface area contributed by atoms with Crippen molar-refractivity contribution in [2.75, 3.05) is 12.0 Å². The summed E-state index contributed by atoms with van der Waals surface area (Å²) in [6, 6.07) is 14.0. The van der Waals surface area contributed by atoms with Gasteiger partial charge in [-0.1, -0.05) is 62.7 Å². The van der Waals surface area contributed by atoms with Crippen molar-refractivity contribution in [1.29, 1.82) is 0 Å². The zero-order valence-electron chi connectivity index (χ0n) is 16.7. The van der Waals surface area contributed by atoms with Crippen LogP contribution in [0.2, 0.25) is 0 Å². The van der Waals surface area contributed by atoms with Crippen molar-refractivity contribution in [3.8, 4) is 16.9 Å². The van der Waals surface area contributed by atoms with Crippen LogP contribution in [0.3, 0.4) is 0 Å². The Bertz CT molecular complexity index is 1170. The molecule has 0 saturated heterocycles. The molecule has 3 aromatic rings. The Balaban J connectivity index is 1.83. The molecule has 0 radical (unpaired) electrons. The number of rotatable bonds is 3. The lowest BCUT2D eigenvalue weighted by Crippen LogP contribution is -2.47. The molecule has 3 nitrogen and oxygen atoms in total. The van der Waals surface area contributed by atoms with Crippen LogP contribution in [0.25, 0.3) is 17.2 Å². The summed E-state index contributed by atoms with van der Waals surface area (Å²) in [5.41, 5.74) is 4.57. The zero-order chi connectivity index (χ0) is 20.8. The molecular formula is C23H21NO2S3. The molecule has 2 heterocycles. The third-order valence-electron chi connectivity index (χ3n) is 5.18. The number of benzene rings is 2. The Morgan fingerprint density at radius 3 is 2.55 bits per heavy atom. The van der Waals surface area contributed by atoms with Gasteiger partial charge in [-0.15, -0.1) is 0 Å². The molecule has 0 saturated carbocycles. The number of anilines is 1. The molecule has 2 aromatic carbocycles. The monoisotopic (exact) mass is 439 g/mol. The normalized spacial score (nSPS) is 14.6. The van der Waals surface area contributed by atoms with Gasteiger partial charge in [0, 0.05) is 23.3 Å². The molecular weight excluding hydrogens is 418 g/mol. The first-order chi connectivity index (χ1) is 13.8. The third-order valence-corrected chi connectivity index (χ3v) is 8.51. The summed E-state index contributed by atoms with van der Waals surface area (Å²) < 4.78 is 6.31. The van der Waals surface area contributed by atoms with Crippen LogP contribution in [0.15, 0.2) is 48.5 Å². The molecule has 0 spiro atoms. The van der Waals surface area contributed by atoms with Gasteiger partial charge in [-0.2, -0.15) is 0 Å². The van der Waals surface area contributed by atoms with E-state index >= 15 is 0 Å². The van der Waals surface area contributed by atoms with Gasteiger partial charge in [0.1, 0.15) is 9.57 Å². The first-order valence-electron chi connectivity index (χ1n) is 9.24. The minimum Gasteiger partial charge on any atom is -0.497 e. The van der Waals surface area contributed by atoms with Crippen LogP contribution < -0.4 is 9.64 Å². The summed E-state index contributed by atoms with van der Waals surface area (Å²) in [5.74, 6) is 0.646. The van der Waals surface area contributed by atoms with Crippen LogP contribution in [0, 0.1) is 10.7 Å². The highest BCUT2D eigenvalue weighted by molar-refractivity contribution is 7.80. The van der Waals surface area contributed by atoms with Crippen molar-refractivity contribution in [2.24, 2.45) is 0 Å². The van der Waals surface area contributed by atoms with Gasteiger partial charge in [-0.05, 0) is 44.5 Å². The lowest BCUT2D eigenvalue weighted by molar-refractivity contribution is -0.115. The number of nitrogens with zero attached hydrogens (tertiary/aromatic N) is 1. The van der Waals surface area contributed by atoms with Gasteiger partial charge in [-0.3, -0.25) is 9.69 Å². The maximum Gasteiger partial charge on any atom is 0.251 e. The standard InChI is InChI=1S/C23H21NO2S3/c1-14-5-7-15(8-6-14)9-12-19(25)24-18-13-16(26-4)10-11-17(18)20-21(23(24,2)3)28-29-22(20)27/h5-13H,1-4H3. The van der Waals surface area contributed by atoms with Gasteiger partial charge in [0.25, 0.3) is 5.91 Å². The van der Waals surface area contributed by atoms with E-state index in [1.807, 2.05) is 60.4 Å². The number of aryl methyl sites for hydroxylation is 1. The van der Waals surface area contributed by atoms with E-state index in [4.69, 9.17) is 17.0 Å². The number of amides is 1. The van der Waals surface area contributed by atoms with E-state index in [9.17, 15) is 4.79 Å². The van der Waals surface area contributed by atoms with Gasteiger partial charge < -0.3 is 4.74 Å². The summed E-state index contributed by atoms with van der Waals surface area (Å²) in [6.45, 7) is 6.19. The van der Waals surface area contributed by atoms with E-state index in [2.05, 4.69) is 13.8 Å². The van der Waals surface area contributed by atoms with E-state index in [1.165, 1.54) is 5.56 Å². The maximum atomic E-state index is 13.4. The Hall–Kier alpha value is -2.28. The Kier molecular flexibility index (Phi) is 5.19. The highest BCUT2D eigenvalue weighted by Gasteiger charge is 2.42. The molecule has 1 amide bonds. The molecule has 1 aromatic heterocycles. The number of carbonyl (C=O) groups is 1. The second kappa shape index (κ2) is 7.52. The average Bonchev–Trinajstić information content (AvgIpc) is 3.10. The summed E-state index contributed by atoms with van der Waals surface area (Å²) in [5, 5.41) is 0. The number of hydrogen-bond acceptors (Lipinski definition) is 5. The molecule has 6 heteroatoms. The van der Waals surface area contributed by atoms with Crippen molar-refractivity contribution in [1.82, 2.24) is 0 Å². The number of methoxy groups -OCH3 is 1. The molecule has 1 aliphatic rings. The van der Waals surface area contributed by atoms with E-state index in [0.29, 0.717) is 5.75 Å². The highest BCUT2D eigenvalue weighted by Crippen LogP contribution is 2.52. The minimum atomic E-state index is -0.512. The molecule has 148 valence electrons. The van der Waals surface area contributed by atoms with Crippen molar-refractivity contribution < 1.29 is 9.53 Å². The summed E-state index contributed by atoms with van der Waals surface area (Å²) in [4.78, 5) is 16.4. The van der Waals surface area contributed by atoms with Gasteiger partial charge in [0.05, 0.1) is 23.2 Å². The van der Waals surface area contributed by atoms with Crippen LogP contribution in [0.4, 0.5) is 5.69 Å². The zero-order valence-corrected chi connectivity index (χ0v) is 19.1. The van der Waals surface area contributed by atoms with Crippen LogP contribution in [-0.4, -0.2) is 13.0 Å². The SMILES string of the molecule is COc1ccc2c(c1)N(C(=O)C=Cc1ccc(C)cc1)C(C)(C)c1ssc(=S)c1-2. The molecule has 0 fully saturated rings. The third kappa shape index (κ3) is 3.45. The molecule has 29 heavy (non-hydrogen) atoms. The number of ether oxygens (including phenoxy) is 1. The quantitative estimate of drug-likeness (QED) is 0.255. The second-order valence-corrected chi connectivity index (χ2v) is 10.3. The molecule has 0 N–H and O–H groups in total. The van der Waals surface area contributed by atoms with Gasteiger partial charge in [-0.25, -0.2) is 0 Å². The highest BCUT2D eigenvalue weighted by atomic mass is 32.9. The fourth-order valence-electron chi connectivity index (χ4n) is 3.65. The van der Waals surface area contributed by atoms with E-state index < -0.39 is 5.54 Å². The molecule has 0 aliphatic carbocycles. The lowest BCUT2D eigenvalue weighted by atomic mass is 9.87. The first-order valence-corrected chi connectivity index (χ1v) is 11.8. The Morgan fingerprint density at radius 2 is 1.86 bits per heavy atom. The summed E-state index contributed by atoms with van der Waals surface area (Å²) in [6.07, 6.45) is 3.51. The van der Waals surface area contributed by atoms with E-state index in [1.54, 1.807) is 33.9 Å². The number of carbonyl (C=O) groups excluding carboxylic acids is 1. The van der Waals surface area contributed by atoms with Crippen molar-refractivity contribution in [2.45, 2.75) is 26.3 Å². The topological polar surface area (TPSA) is 29.5 Å². The molecule has 0 atom stereocenters. The molecule has 0 unspecified atom stereocenters. The molecule has 0 bridgehead atoms. The van der Waals surface area contributed by atoms with Gasteiger partial charge >= 0.3 is 0 Å². The molecule has 1 aliphatic heterocycles. The lowest BCUT2D eigenvalue weighted by Gasteiger charge is -2.42. The van der Waals surface area contributed by atoms with Crippen LogP contribution >= 0.6 is 32.9 Å². The van der Waals surface area contributed by atoms with Gasteiger partial charge in [0.15, 0.2) is 0 Å². The largest absolute Gasteiger partial charge is 0.497 e. The van der Waals surface area contributed by atoms with E-state index in [-0.39, 0.29) is 5.91 Å². The number of hydrogen-bond donors (Lipinski definition) is 0. The van der Waals surface area contributed by atoms with Gasteiger partial charge in [0.2, 0.25) is 0 Å². The summed E-state index contributed by atoms with van der Waals surface area (Å²) in [7, 11) is 4.88. The predicted molar refractivity (Wildman–Crippen MR) is 126 cm³/mol. The van der Waals surface area contributed by atoms with E-state index in [0.717, 1.165) is 31.1 Å². The fourth-order valence-corrected chi connectivity index (χ4v) is 6.93. The molecule has 4 rings (SSSR count). The number of fused-ring (bicyclic) bond motifs is 3. The second-order valence-electron chi connectivity index (χ2n) is 7.52. The van der Waals surface area contributed by atoms with Crippen molar-refractivity contribution in [3.05, 3.63) is 68.4 Å². The minimum absolute atomic E-state index is 0.0694. The fraction of sp³-hybridized carbons (Fsp3) is 0.217. The average molecular weight is 440 g/mol.